The number of rotatable bonds is 3. The standard InChI is InChI=1S/C13H20BrN3/c1-9-6-11(14)13(16-7-9)17-8-10-4-2-3-5-12(10)15/h6-7,10,12H,2-5,8,15H2,1H3,(H,16,17). The third kappa shape index (κ3) is 3.42. The van der Waals surface area contributed by atoms with Crippen LogP contribution >= 0.6 is 15.9 Å². The van der Waals surface area contributed by atoms with Gasteiger partial charge in [0.25, 0.3) is 0 Å². The third-order valence-corrected chi connectivity index (χ3v) is 4.08. The summed E-state index contributed by atoms with van der Waals surface area (Å²) < 4.78 is 1.03. The van der Waals surface area contributed by atoms with Gasteiger partial charge in [-0.3, -0.25) is 0 Å². The quantitative estimate of drug-likeness (QED) is 0.901. The zero-order chi connectivity index (χ0) is 12.3. The molecule has 1 fully saturated rings. The Kier molecular flexibility index (Phi) is 4.40. The van der Waals surface area contributed by atoms with E-state index in [-0.39, 0.29) is 0 Å². The topological polar surface area (TPSA) is 50.9 Å². The first-order valence-corrected chi connectivity index (χ1v) is 7.07. The number of nitrogens with one attached hydrogen (secondary N) is 1. The molecule has 1 saturated carbocycles. The fraction of sp³-hybridized carbons (Fsp3) is 0.615. The van der Waals surface area contributed by atoms with Gasteiger partial charge in [0.15, 0.2) is 0 Å². The minimum absolute atomic E-state index is 0.348. The van der Waals surface area contributed by atoms with E-state index >= 15 is 0 Å². The Morgan fingerprint density at radius 2 is 2.24 bits per heavy atom. The van der Waals surface area contributed by atoms with Gasteiger partial charge in [-0.2, -0.15) is 0 Å². The molecule has 1 aromatic rings. The molecule has 1 heterocycles. The van der Waals surface area contributed by atoms with Crippen LogP contribution < -0.4 is 11.1 Å². The first kappa shape index (κ1) is 12.8. The fourth-order valence-electron chi connectivity index (χ4n) is 2.38. The Morgan fingerprint density at radius 1 is 1.47 bits per heavy atom. The highest BCUT2D eigenvalue weighted by molar-refractivity contribution is 9.10. The first-order chi connectivity index (χ1) is 8.16. The largest absolute Gasteiger partial charge is 0.369 e. The molecular formula is C13H20BrN3. The molecular weight excluding hydrogens is 278 g/mol. The van der Waals surface area contributed by atoms with Gasteiger partial charge in [-0.25, -0.2) is 4.98 Å². The third-order valence-electron chi connectivity index (χ3n) is 3.48. The van der Waals surface area contributed by atoms with E-state index in [4.69, 9.17) is 5.73 Å². The number of halogens is 1. The molecule has 1 aliphatic rings. The second-order valence-electron chi connectivity index (χ2n) is 4.93. The average molecular weight is 298 g/mol. The van der Waals surface area contributed by atoms with Crippen molar-refractivity contribution in [2.75, 3.05) is 11.9 Å². The smallest absolute Gasteiger partial charge is 0.140 e. The van der Waals surface area contributed by atoms with Crippen molar-refractivity contribution in [2.24, 2.45) is 11.7 Å². The molecule has 0 aromatic carbocycles. The summed E-state index contributed by atoms with van der Waals surface area (Å²) in [6, 6.07) is 2.43. The van der Waals surface area contributed by atoms with Crippen molar-refractivity contribution in [1.29, 1.82) is 0 Å². The molecule has 1 aromatic heterocycles. The Morgan fingerprint density at radius 3 is 2.94 bits per heavy atom. The predicted molar refractivity (Wildman–Crippen MR) is 75.1 cm³/mol. The van der Waals surface area contributed by atoms with E-state index in [1.807, 2.05) is 13.1 Å². The van der Waals surface area contributed by atoms with Crippen LogP contribution in [0.25, 0.3) is 0 Å². The lowest BCUT2D eigenvalue weighted by Gasteiger charge is -2.28. The van der Waals surface area contributed by atoms with Crippen LogP contribution in [0.4, 0.5) is 5.82 Å². The van der Waals surface area contributed by atoms with Gasteiger partial charge in [-0.05, 0) is 53.2 Å². The first-order valence-electron chi connectivity index (χ1n) is 6.28. The molecule has 0 aliphatic heterocycles. The second kappa shape index (κ2) is 5.83. The average Bonchev–Trinajstić information content (AvgIpc) is 2.30. The van der Waals surface area contributed by atoms with Gasteiger partial charge in [0.05, 0.1) is 4.47 Å². The number of hydrogen-bond donors (Lipinski definition) is 2. The zero-order valence-corrected chi connectivity index (χ0v) is 11.8. The number of hydrogen-bond acceptors (Lipinski definition) is 3. The maximum absolute atomic E-state index is 6.13. The molecule has 0 spiro atoms. The summed E-state index contributed by atoms with van der Waals surface area (Å²) in [5.74, 6) is 1.51. The van der Waals surface area contributed by atoms with Gasteiger partial charge in [-0.1, -0.05) is 12.8 Å². The van der Waals surface area contributed by atoms with Crippen molar-refractivity contribution in [2.45, 2.75) is 38.6 Å². The number of aromatic nitrogens is 1. The Labute approximate surface area is 111 Å². The van der Waals surface area contributed by atoms with Crippen LogP contribution in [0.3, 0.4) is 0 Å². The molecule has 4 heteroatoms. The van der Waals surface area contributed by atoms with Gasteiger partial charge >= 0.3 is 0 Å². The molecule has 2 unspecified atom stereocenters. The summed E-state index contributed by atoms with van der Waals surface area (Å²) in [6.45, 7) is 2.97. The number of nitrogens with zero attached hydrogens (tertiary/aromatic N) is 1. The monoisotopic (exact) mass is 297 g/mol. The van der Waals surface area contributed by atoms with E-state index in [1.165, 1.54) is 19.3 Å². The van der Waals surface area contributed by atoms with Crippen LogP contribution in [0.5, 0.6) is 0 Å². The number of anilines is 1. The maximum atomic E-state index is 6.13. The molecule has 3 N–H and O–H groups in total. The van der Waals surface area contributed by atoms with Crippen molar-refractivity contribution in [3.63, 3.8) is 0 Å². The molecule has 17 heavy (non-hydrogen) atoms. The van der Waals surface area contributed by atoms with Gasteiger partial charge in [0, 0.05) is 18.8 Å². The van der Waals surface area contributed by atoms with Crippen molar-refractivity contribution in [3.8, 4) is 0 Å². The normalized spacial score (nSPS) is 24.6. The highest BCUT2D eigenvalue weighted by Crippen LogP contribution is 2.25. The number of nitrogens with two attached hydrogens (primary N) is 1. The van der Waals surface area contributed by atoms with Crippen LogP contribution in [0, 0.1) is 12.8 Å². The van der Waals surface area contributed by atoms with Gasteiger partial charge in [0.2, 0.25) is 0 Å². The summed E-state index contributed by atoms with van der Waals surface area (Å²) >= 11 is 3.53. The van der Waals surface area contributed by atoms with E-state index in [9.17, 15) is 0 Å². The van der Waals surface area contributed by atoms with Crippen LogP contribution in [0.1, 0.15) is 31.2 Å². The maximum Gasteiger partial charge on any atom is 0.140 e. The SMILES string of the molecule is Cc1cnc(NCC2CCCCC2N)c(Br)c1. The van der Waals surface area contributed by atoms with Crippen molar-refractivity contribution < 1.29 is 0 Å². The van der Waals surface area contributed by atoms with E-state index in [1.54, 1.807) is 0 Å². The van der Waals surface area contributed by atoms with E-state index in [0.717, 1.165) is 28.8 Å². The van der Waals surface area contributed by atoms with Gasteiger partial charge < -0.3 is 11.1 Å². The molecule has 1 aliphatic carbocycles. The lowest BCUT2D eigenvalue weighted by atomic mass is 9.85. The Hall–Kier alpha value is -0.610. The zero-order valence-electron chi connectivity index (χ0n) is 10.2. The highest BCUT2D eigenvalue weighted by atomic mass is 79.9. The van der Waals surface area contributed by atoms with Crippen molar-refractivity contribution in [3.05, 3.63) is 22.3 Å². The molecule has 3 nitrogen and oxygen atoms in total. The Bertz CT molecular complexity index is 381. The number of pyridine rings is 1. The lowest BCUT2D eigenvalue weighted by molar-refractivity contribution is 0.321. The van der Waals surface area contributed by atoms with Crippen LogP contribution in [-0.4, -0.2) is 17.6 Å². The minimum atomic E-state index is 0.348. The fourth-order valence-corrected chi connectivity index (χ4v) is 2.98. The molecule has 0 bridgehead atoms. The van der Waals surface area contributed by atoms with Crippen molar-refractivity contribution >= 4 is 21.7 Å². The predicted octanol–water partition coefficient (Wildman–Crippen LogP) is 3.08. The second-order valence-corrected chi connectivity index (χ2v) is 5.79. The molecule has 2 rings (SSSR count). The van der Waals surface area contributed by atoms with E-state index in [0.29, 0.717) is 12.0 Å². The van der Waals surface area contributed by atoms with Gasteiger partial charge in [-0.15, -0.1) is 0 Å². The van der Waals surface area contributed by atoms with E-state index < -0.39 is 0 Å². The molecule has 0 saturated heterocycles. The molecule has 94 valence electrons. The summed E-state index contributed by atoms with van der Waals surface area (Å²) in [4.78, 5) is 4.39. The molecule has 0 radical (unpaired) electrons. The van der Waals surface area contributed by atoms with Crippen molar-refractivity contribution in [1.82, 2.24) is 4.98 Å². The minimum Gasteiger partial charge on any atom is -0.369 e. The summed E-state index contributed by atoms with van der Waals surface area (Å²) in [6.07, 6.45) is 6.87. The summed E-state index contributed by atoms with van der Waals surface area (Å²) in [5.41, 5.74) is 7.30. The van der Waals surface area contributed by atoms with Crippen LogP contribution in [0.2, 0.25) is 0 Å². The molecule has 2 atom stereocenters. The lowest BCUT2D eigenvalue weighted by Crippen LogP contribution is -2.37. The van der Waals surface area contributed by atoms with Crippen LogP contribution in [0.15, 0.2) is 16.7 Å². The highest BCUT2D eigenvalue weighted by Gasteiger charge is 2.21. The van der Waals surface area contributed by atoms with Gasteiger partial charge in [0.1, 0.15) is 5.82 Å². The summed E-state index contributed by atoms with van der Waals surface area (Å²) in [5, 5.41) is 3.40. The van der Waals surface area contributed by atoms with Crippen LogP contribution in [-0.2, 0) is 0 Å². The number of aryl methyl sites for hydroxylation is 1. The Balaban J connectivity index is 1.92. The molecule has 0 amide bonds. The summed E-state index contributed by atoms with van der Waals surface area (Å²) in [7, 11) is 0. The van der Waals surface area contributed by atoms with E-state index in [2.05, 4.69) is 32.3 Å².